The normalized spacial score (nSPS) is 10.6. The van der Waals surface area contributed by atoms with Crippen LogP contribution in [0.15, 0.2) is 36.4 Å². The third-order valence-corrected chi connectivity index (χ3v) is 4.35. The van der Waals surface area contributed by atoms with Crippen molar-refractivity contribution in [2.24, 2.45) is 0 Å². The molecule has 0 unspecified atom stereocenters. The Labute approximate surface area is 132 Å². The summed E-state index contributed by atoms with van der Waals surface area (Å²) in [4.78, 5) is 2.64. The molecule has 1 heterocycles. The first-order valence-electron chi connectivity index (χ1n) is 6.44. The Bertz CT molecular complexity index is 512. The fourth-order valence-electron chi connectivity index (χ4n) is 1.69. The van der Waals surface area contributed by atoms with Crippen molar-refractivity contribution in [2.45, 2.75) is 26.5 Å². The molecule has 0 saturated carbocycles. The summed E-state index contributed by atoms with van der Waals surface area (Å²) >= 11 is 4.11. The molecule has 0 aliphatic rings. The average molecular weight is 387 g/mol. The first kappa shape index (κ1) is 14.8. The molecule has 0 spiro atoms. The zero-order valence-corrected chi connectivity index (χ0v) is 14.0. The SMILES string of the molecule is CCCNCc1ccc(COc2cccc(I)c2)s1. The highest BCUT2D eigenvalue weighted by Crippen LogP contribution is 2.20. The van der Waals surface area contributed by atoms with E-state index >= 15 is 0 Å². The van der Waals surface area contributed by atoms with Crippen molar-refractivity contribution >= 4 is 33.9 Å². The maximum Gasteiger partial charge on any atom is 0.122 e. The van der Waals surface area contributed by atoms with E-state index in [0.717, 1.165) is 18.8 Å². The Kier molecular flexibility index (Phi) is 6.13. The number of hydrogen-bond donors (Lipinski definition) is 1. The van der Waals surface area contributed by atoms with Crippen LogP contribution in [0.2, 0.25) is 0 Å². The number of benzene rings is 1. The molecule has 1 aromatic carbocycles. The van der Waals surface area contributed by atoms with Gasteiger partial charge in [0.05, 0.1) is 0 Å². The summed E-state index contributed by atoms with van der Waals surface area (Å²) < 4.78 is 7.00. The Hall–Kier alpha value is -0.590. The standard InChI is InChI=1S/C15H18INOS/c1-2-8-17-10-14-6-7-15(19-14)11-18-13-5-3-4-12(16)9-13/h3-7,9,17H,2,8,10-11H2,1H3. The van der Waals surface area contributed by atoms with Gasteiger partial charge in [-0.25, -0.2) is 0 Å². The second-order valence-electron chi connectivity index (χ2n) is 4.29. The van der Waals surface area contributed by atoms with Crippen molar-refractivity contribution in [3.8, 4) is 5.75 Å². The molecule has 0 atom stereocenters. The molecule has 4 heteroatoms. The van der Waals surface area contributed by atoms with Gasteiger partial charge < -0.3 is 10.1 Å². The van der Waals surface area contributed by atoms with Crippen molar-refractivity contribution in [3.05, 3.63) is 49.7 Å². The van der Waals surface area contributed by atoms with Gasteiger partial charge >= 0.3 is 0 Å². The minimum Gasteiger partial charge on any atom is -0.488 e. The maximum absolute atomic E-state index is 5.80. The summed E-state index contributed by atoms with van der Waals surface area (Å²) in [7, 11) is 0. The molecule has 19 heavy (non-hydrogen) atoms. The number of hydrogen-bond acceptors (Lipinski definition) is 3. The molecule has 0 radical (unpaired) electrons. The van der Waals surface area contributed by atoms with Gasteiger partial charge in [0.15, 0.2) is 0 Å². The van der Waals surface area contributed by atoms with Gasteiger partial charge in [0.25, 0.3) is 0 Å². The second-order valence-corrected chi connectivity index (χ2v) is 6.79. The van der Waals surface area contributed by atoms with E-state index in [-0.39, 0.29) is 0 Å². The molecule has 0 aliphatic carbocycles. The van der Waals surface area contributed by atoms with Crippen molar-refractivity contribution < 1.29 is 4.74 Å². The molecule has 0 saturated heterocycles. The van der Waals surface area contributed by atoms with Crippen LogP contribution >= 0.6 is 33.9 Å². The molecule has 2 rings (SSSR count). The predicted octanol–water partition coefficient (Wildman–Crippen LogP) is 4.43. The average Bonchev–Trinajstić information content (AvgIpc) is 2.85. The van der Waals surface area contributed by atoms with E-state index in [1.54, 1.807) is 0 Å². The molecular formula is C15H18INOS. The number of halogens is 1. The maximum atomic E-state index is 5.80. The number of rotatable bonds is 7. The molecule has 1 N–H and O–H groups in total. The highest BCUT2D eigenvalue weighted by Gasteiger charge is 2.01. The van der Waals surface area contributed by atoms with Crippen molar-refractivity contribution in [1.82, 2.24) is 5.32 Å². The lowest BCUT2D eigenvalue weighted by molar-refractivity contribution is 0.309. The van der Waals surface area contributed by atoms with Crippen LogP contribution < -0.4 is 10.1 Å². The van der Waals surface area contributed by atoms with Crippen molar-refractivity contribution in [3.63, 3.8) is 0 Å². The number of nitrogens with one attached hydrogen (secondary N) is 1. The topological polar surface area (TPSA) is 21.3 Å². The summed E-state index contributed by atoms with van der Waals surface area (Å²) in [5.74, 6) is 0.936. The lowest BCUT2D eigenvalue weighted by atomic mass is 10.3. The van der Waals surface area contributed by atoms with E-state index in [1.165, 1.54) is 19.7 Å². The molecule has 0 fully saturated rings. The van der Waals surface area contributed by atoms with E-state index in [2.05, 4.69) is 59.1 Å². The van der Waals surface area contributed by atoms with Gasteiger partial charge in [0, 0.05) is 19.9 Å². The van der Waals surface area contributed by atoms with Gasteiger partial charge in [-0.05, 0) is 65.9 Å². The van der Waals surface area contributed by atoms with E-state index in [9.17, 15) is 0 Å². The summed E-state index contributed by atoms with van der Waals surface area (Å²) in [6.07, 6.45) is 1.17. The zero-order valence-electron chi connectivity index (χ0n) is 11.0. The minimum absolute atomic E-state index is 0.651. The third-order valence-electron chi connectivity index (χ3n) is 2.62. The van der Waals surface area contributed by atoms with Gasteiger partial charge in [-0.2, -0.15) is 0 Å². The highest BCUT2D eigenvalue weighted by atomic mass is 127. The van der Waals surface area contributed by atoms with Gasteiger partial charge in [0.1, 0.15) is 12.4 Å². The monoisotopic (exact) mass is 387 g/mol. The Morgan fingerprint density at radius 1 is 1.21 bits per heavy atom. The fourth-order valence-corrected chi connectivity index (χ4v) is 3.11. The quantitative estimate of drug-likeness (QED) is 0.561. The van der Waals surface area contributed by atoms with Gasteiger partial charge in [-0.15, -0.1) is 11.3 Å². The highest BCUT2D eigenvalue weighted by molar-refractivity contribution is 14.1. The van der Waals surface area contributed by atoms with Crippen LogP contribution in [0.25, 0.3) is 0 Å². The fraction of sp³-hybridized carbons (Fsp3) is 0.333. The van der Waals surface area contributed by atoms with Gasteiger partial charge in [-0.1, -0.05) is 13.0 Å². The molecule has 2 aromatic rings. The summed E-state index contributed by atoms with van der Waals surface area (Å²) in [6, 6.07) is 12.5. The second kappa shape index (κ2) is 7.87. The molecule has 1 aromatic heterocycles. The molecule has 2 nitrogen and oxygen atoms in total. The van der Waals surface area contributed by atoms with E-state index in [4.69, 9.17) is 4.74 Å². The van der Waals surface area contributed by atoms with Crippen LogP contribution in [0.4, 0.5) is 0 Å². The Morgan fingerprint density at radius 2 is 2.05 bits per heavy atom. The first-order chi connectivity index (χ1) is 9.28. The van der Waals surface area contributed by atoms with Crippen LogP contribution in [0.5, 0.6) is 5.75 Å². The molecule has 0 amide bonds. The molecule has 102 valence electrons. The smallest absolute Gasteiger partial charge is 0.122 e. The van der Waals surface area contributed by atoms with Crippen molar-refractivity contribution in [2.75, 3.05) is 6.54 Å². The van der Waals surface area contributed by atoms with Gasteiger partial charge in [0.2, 0.25) is 0 Å². The molecule has 0 aliphatic heterocycles. The van der Waals surface area contributed by atoms with Crippen LogP contribution in [0.3, 0.4) is 0 Å². The zero-order chi connectivity index (χ0) is 13.5. The van der Waals surface area contributed by atoms with E-state index in [1.807, 2.05) is 23.5 Å². The van der Waals surface area contributed by atoms with Crippen LogP contribution in [-0.2, 0) is 13.2 Å². The Morgan fingerprint density at radius 3 is 2.84 bits per heavy atom. The first-order valence-corrected chi connectivity index (χ1v) is 8.34. The molecular weight excluding hydrogens is 369 g/mol. The van der Waals surface area contributed by atoms with Gasteiger partial charge in [-0.3, -0.25) is 0 Å². The summed E-state index contributed by atoms with van der Waals surface area (Å²) in [5, 5.41) is 3.41. The largest absolute Gasteiger partial charge is 0.488 e. The lowest BCUT2D eigenvalue weighted by Crippen LogP contribution is -2.12. The predicted molar refractivity (Wildman–Crippen MR) is 89.8 cm³/mol. The van der Waals surface area contributed by atoms with E-state index in [0.29, 0.717) is 6.61 Å². The number of thiophene rings is 1. The third kappa shape index (κ3) is 5.12. The van der Waals surface area contributed by atoms with E-state index < -0.39 is 0 Å². The van der Waals surface area contributed by atoms with Crippen LogP contribution in [0, 0.1) is 3.57 Å². The Balaban J connectivity index is 1.83. The number of ether oxygens (including phenoxy) is 1. The van der Waals surface area contributed by atoms with Crippen LogP contribution in [0.1, 0.15) is 23.1 Å². The summed E-state index contributed by atoms with van der Waals surface area (Å²) in [5.41, 5.74) is 0. The minimum atomic E-state index is 0.651. The lowest BCUT2D eigenvalue weighted by Gasteiger charge is -2.04. The molecule has 0 bridgehead atoms. The van der Waals surface area contributed by atoms with Crippen LogP contribution in [-0.4, -0.2) is 6.54 Å². The van der Waals surface area contributed by atoms with Crippen molar-refractivity contribution in [1.29, 1.82) is 0 Å². The summed E-state index contributed by atoms with van der Waals surface area (Å²) in [6.45, 7) is 4.87.